The molecule has 3 aromatic heterocycles. The van der Waals surface area contributed by atoms with E-state index in [1.165, 1.54) is 0 Å². The van der Waals surface area contributed by atoms with Gasteiger partial charge in [-0.1, -0.05) is 23.4 Å². The Bertz CT molecular complexity index is 1270. The Morgan fingerprint density at radius 3 is 2.59 bits per heavy atom. The van der Waals surface area contributed by atoms with Gasteiger partial charge in [-0.05, 0) is 30.3 Å². The molecule has 5 rings (SSSR count). The van der Waals surface area contributed by atoms with E-state index in [9.17, 15) is 4.79 Å². The largest absolute Gasteiger partial charge is 0.456 e. The first-order chi connectivity index (χ1) is 13.3. The first kappa shape index (κ1) is 15.3. The summed E-state index contributed by atoms with van der Waals surface area (Å²) in [6.07, 6.45) is 3.31. The van der Waals surface area contributed by atoms with Crippen LogP contribution >= 0.6 is 0 Å². The van der Waals surface area contributed by atoms with E-state index in [1.54, 1.807) is 36.7 Å². The van der Waals surface area contributed by atoms with Crippen molar-refractivity contribution < 1.29 is 13.7 Å². The molecule has 0 spiro atoms. The topological polar surface area (TPSA) is 81.2 Å². The second kappa shape index (κ2) is 6.10. The fourth-order valence-corrected chi connectivity index (χ4v) is 3.03. The molecule has 1 N–H and O–H groups in total. The molecule has 3 heterocycles. The Morgan fingerprint density at radius 2 is 1.70 bits per heavy atom. The van der Waals surface area contributed by atoms with E-state index in [-0.39, 0.29) is 11.6 Å². The summed E-state index contributed by atoms with van der Waals surface area (Å²) in [5.41, 5.74) is 3.16. The lowest BCUT2D eigenvalue weighted by molar-refractivity contribution is 0.101. The maximum Gasteiger partial charge on any atom is 0.277 e. The van der Waals surface area contributed by atoms with Gasteiger partial charge >= 0.3 is 0 Å². The van der Waals surface area contributed by atoms with Gasteiger partial charge in [0.1, 0.15) is 11.2 Å². The fourth-order valence-electron chi connectivity index (χ4n) is 3.03. The van der Waals surface area contributed by atoms with Crippen molar-refractivity contribution in [3.63, 3.8) is 0 Å². The zero-order chi connectivity index (χ0) is 18.2. The first-order valence-electron chi connectivity index (χ1n) is 8.38. The van der Waals surface area contributed by atoms with Crippen LogP contribution in [0.2, 0.25) is 0 Å². The van der Waals surface area contributed by atoms with Crippen LogP contribution in [0.1, 0.15) is 10.5 Å². The number of para-hydroxylation sites is 1. The van der Waals surface area contributed by atoms with Crippen LogP contribution in [0.3, 0.4) is 0 Å². The zero-order valence-electron chi connectivity index (χ0n) is 14.0. The van der Waals surface area contributed by atoms with Crippen LogP contribution in [0.5, 0.6) is 0 Å². The number of nitrogens with one attached hydrogen (secondary N) is 1. The third-order valence-electron chi connectivity index (χ3n) is 4.34. The van der Waals surface area contributed by atoms with E-state index >= 15 is 0 Å². The van der Waals surface area contributed by atoms with Crippen LogP contribution in [0.25, 0.3) is 33.3 Å². The van der Waals surface area contributed by atoms with E-state index < -0.39 is 0 Å². The molecule has 130 valence electrons. The Balaban J connectivity index is 1.42. The van der Waals surface area contributed by atoms with Gasteiger partial charge in [-0.3, -0.25) is 9.78 Å². The van der Waals surface area contributed by atoms with Crippen LogP contribution in [-0.2, 0) is 0 Å². The highest BCUT2D eigenvalue weighted by molar-refractivity contribution is 6.08. The molecule has 2 aromatic carbocycles. The highest BCUT2D eigenvalue weighted by atomic mass is 16.5. The summed E-state index contributed by atoms with van der Waals surface area (Å²) >= 11 is 0. The van der Waals surface area contributed by atoms with Crippen molar-refractivity contribution in [1.82, 2.24) is 10.1 Å². The van der Waals surface area contributed by atoms with E-state index in [2.05, 4.69) is 15.5 Å². The average Bonchev–Trinajstić information content (AvgIpc) is 3.33. The molecule has 0 saturated heterocycles. The maximum atomic E-state index is 12.5. The van der Waals surface area contributed by atoms with Gasteiger partial charge in [-0.25, -0.2) is 0 Å². The van der Waals surface area contributed by atoms with Crippen molar-refractivity contribution in [3.8, 4) is 11.3 Å². The molecule has 0 fully saturated rings. The predicted octanol–water partition coefficient (Wildman–Crippen LogP) is 4.89. The number of pyridine rings is 1. The van der Waals surface area contributed by atoms with E-state index in [0.717, 1.165) is 21.9 Å². The summed E-state index contributed by atoms with van der Waals surface area (Å²) in [5, 5.41) is 8.73. The molecule has 1 amide bonds. The highest BCUT2D eigenvalue weighted by Gasteiger charge is 2.15. The lowest BCUT2D eigenvalue weighted by Gasteiger charge is -2.02. The zero-order valence-corrected chi connectivity index (χ0v) is 14.0. The van der Waals surface area contributed by atoms with E-state index in [0.29, 0.717) is 17.0 Å². The predicted molar refractivity (Wildman–Crippen MR) is 101 cm³/mol. The second-order valence-electron chi connectivity index (χ2n) is 6.08. The molecule has 0 aliphatic carbocycles. The number of carbonyl (C=O) groups is 1. The molecular formula is C21H13N3O3. The SMILES string of the molecule is O=C(Nc1ccc2c(c1)oc1ccccc12)c1cc(-c2ccncc2)on1. The van der Waals surface area contributed by atoms with E-state index in [4.69, 9.17) is 8.94 Å². The molecule has 0 bridgehead atoms. The molecule has 6 heteroatoms. The third kappa shape index (κ3) is 2.73. The number of hydrogen-bond donors (Lipinski definition) is 1. The van der Waals surface area contributed by atoms with Crippen LogP contribution in [0.15, 0.2) is 82.0 Å². The number of amides is 1. The van der Waals surface area contributed by atoms with Gasteiger partial charge in [0.05, 0.1) is 0 Å². The molecule has 0 aliphatic rings. The number of fused-ring (bicyclic) bond motifs is 3. The monoisotopic (exact) mass is 355 g/mol. The molecule has 6 nitrogen and oxygen atoms in total. The van der Waals surface area contributed by atoms with Gasteiger partial charge in [-0.15, -0.1) is 0 Å². The minimum absolute atomic E-state index is 0.200. The number of benzene rings is 2. The van der Waals surface area contributed by atoms with Crippen molar-refractivity contribution in [1.29, 1.82) is 0 Å². The summed E-state index contributed by atoms with van der Waals surface area (Å²) in [6, 6.07) is 18.6. The number of hydrogen-bond acceptors (Lipinski definition) is 5. The van der Waals surface area contributed by atoms with Crippen LogP contribution in [0, 0.1) is 0 Å². The lowest BCUT2D eigenvalue weighted by Crippen LogP contribution is -2.11. The molecule has 5 aromatic rings. The standard InChI is InChI=1S/C21H13N3O3/c25-21(17-12-19(27-24-17)13-7-9-22-10-8-13)23-14-5-6-16-15-3-1-2-4-18(15)26-20(16)11-14/h1-12H,(H,23,25). The average molecular weight is 355 g/mol. The Kier molecular flexibility index (Phi) is 3.47. The molecule has 0 aliphatic heterocycles. The smallest absolute Gasteiger partial charge is 0.277 e. The van der Waals surface area contributed by atoms with Gasteiger partial charge in [0.2, 0.25) is 0 Å². The number of aromatic nitrogens is 2. The van der Waals surface area contributed by atoms with Gasteiger partial charge in [-0.2, -0.15) is 0 Å². The minimum atomic E-state index is -0.352. The number of anilines is 1. The quantitative estimate of drug-likeness (QED) is 0.498. The van der Waals surface area contributed by atoms with Crippen molar-refractivity contribution in [2.24, 2.45) is 0 Å². The van der Waals surface area contributed by atoms with E-state index in [1.807, 2.05) is 36.4 Å². The van der Waals surface area contributed by atoms with Crippen LogP contribution in [0.4, 0.5) is 5.69 Å². The molecular weight excluding hydrogens is 342 g/mol. The van der Waals surface area contributed by atoms with Gasteiger partial charge < -0.3 is 14.3 Å². The van der Waals surface area contributed by atoms with Crippen molar-refractivity contribution in [2.45, 2.75) is 0 Å². The molecule has 27 heavy (non-hydrogen) atoms. The number of furan rings is 1. The summed E-state index contributed by atoms with van der Waals surface area (Å²) in [7, 11) is 0. The Labute approximate surface area is 153 Å². The van der Waals surface area contributed by atoms with Crippen molar-refractivity contribution >= 4 is 33.5 Å². The molecule has 0 atom stereocenters. The van der Waals surface area contributed by atoms with Crippen molar-refractivity contribution in [3.05, 3.63) is 78.8 Å². The van der Waals surface area contributed by atoms with Gasteiger partial charge in [0, 0.05) is 46.5 Å². The van der Waals surface area contributed by atoms with Crippen LogP contribution < -0.4 is 5.32 Å². The highest BCUT2D eigenvalue weighted by Crippen LogP contribution is 2.30. The fraction of sp³-hybridized carbons (Fsp3) is 0. The number of carbonyl (C=O) groups excluding carboxylic acids is 1. The van der Waals surface area contributed by atoms with Crippen molar-refractivity contribution in [2.75, 3.05) is 5.32 Å². The Hall–Kier alpha value is -3.93. The lowest BCUT2D eigenvalue weighted by atomic mass is 10.1. The minimum Gasteiger partial charge on any atom is -0.456 e. The van der Waals surface area contributed by atoms with Crippen LogP contribution in [-0.4, -0.2) is 16.0 Å². The first-order valence-corrected chi connectivity index (χ1v) is 8.38. The summed E-state index contributed by atoms with van der Waals surface area (Å²) < 4.78 is 11.1. The number of nitrogens with zero attached hydrogens (tertiary/aromatic N) is 2. The normalized spacial score (nSPS) is 11.1. The Morgan fingerprint density at radius 1 is 0.889 bits per heavy atom. The molecule has 0 unspecified atom stereocenters. The second-order valence-corrected chi connectivity index (χ2v) is 6.08. The van der Waals surface area contributed by atoms with Gasteiger partial charge in [0.15, 0.2) is 11.5 Å². The molecule has 0 saturated carbocycles. The maximum absolute atomic E-state index is 12.5. The van der Waals surface area contributed by atoms with Gasteiger partial charge in [0.25, 0.3) is 5.91 Å². The summed E-state index contributed by atoms with van der Waals surface area (Å²) in [6.45, 7) is 0. The number of rotatable bonds is 3. The molecule has 0 radical (unpaired) electrons. The summed E-state index contributed by atoms with van der Waals surface area (Å²) in [5.74, 6) is 0.157. The third-order valence-corrected chi connectivity index (χ3v) is 4.34. The summed E-state index contributed by atoms with van der Waals surface area (Å²) in [4.78, 5) is 16.4.